The molecule has 0 aliphatic rings. The summed E-state index contributed by atoms with van der Waals surface area (Å²) in [4.78, 5) is 0. The largest absolute Gasteiger partial charge is 2.00 e. The third-order valence-corrected chi connectivity index (χ3v) is 0. The molecule has 0 aromatic heterocycles. The first kappa shape index (κ1) is 34.9. The Kier molecular flexibility index (Phi) is 167. The molecular formula is H6BaCaCuHgO. The predicted octanol–water partition coefficient (Wildman–Crippen LogP) is -1.14. The van der Waals surface area contributed by atoms with Crippen LogP contribution in [0.25, 0.3) is 0 Å². The smallest absolute Gasteiger partial charge is 1.00 e. The topological polar surface area (TPSA) is 31.5 Å². The van der Waals surface area contributed by atoms with Gasteiger partial charge in [-0.3, -0.25) is 0 Å². The molecule has 5 heavy (non-hydrogen) atoms. The van der Waals surface area contributed by atoms with Gasteiger partial charge < -0.3 is 11.2 Å². The van der Waals surface area contributed by atoms with Crippen LogP contribution in [-0.4, -0.2) is 92.1 Å². The summed E-state index contributed by atoms with van der Waals surface area (Å²) in [6.07, 6.45) is 0. The van der Waals surface area contributed by atoms with Gasteiger partial charge in [0.2, 0.25) is 0 Å². The fourth-order valence-electron chi connectivity index (χ4n) is 0. The Labute approximate surface area is 139 Å². The minimum atomic E-state index is 0. The molecule has 0 saturated carbocycles. The third kappa shape index (κ3) is 17.8. The zero-order chi connectivity index (χ0) is 0. The molecule has 29 valence electrons. The van der Waals surface area contributed by atoms with Crippen LogP contribution in [0.4, 0.5) is 0 Å². The molecule has 0 aromatic carbocycles. The second-order valence-electron chi connectivity index (χ2n) is 0. The van der Waals surface area contributed by atoms with E-state index in [4.69, 9.17) is 0 Å². The Morgan fingerprint density at radius 1 is 1.20 bits per heavy atom. The quantitative estimate of drug-likeness (QED) is 0.407. The molecule has 0 atom stereocenters. The van der Waals surface area contributed by atoms with Gasteiger partial charge in [-0.05, 0) is 0 Å². The Morgan fingerprint density at radius 3 is 1.20 bits per heavy atom. The summed E-state index contributed by atoms with van der Waals surface area (Å²) in [6, 6.07) is 0. The van der Waals surface area contributed by atoms with Crippen molar-refractivity contribution in [1.82, 2.24) is 0 Å². The summed E-state index contributed by atoms with van der Waals surface area (Å²) in [7, 11) is 0. The molecule has 0 saturated heterocycles. The average molecular weight is 464 g/mol. The van der Waals surface area contributed by atoms with Crippen LogP contribution in [0, 0.1) is 0 Å². The maximum Gasteiger partial charge on any atom is 2.00 e. The van der Waals surface area contributed by atoms with E-state index in [1.807, 2.05) is 0 Å². The Bertz CT molecular complexity index is 20.5. The van der Waals surface area contributed by atoms with E-state index < -0.39 is 0 Å². The van der Waals surface area contributed by atoms with Crippen LogP contribution >= 0.6 is 0 Å². The summed E-state index contributed by atoms with van der Waals surface area (Å²) in [5.41, 5.74) is 0. The van der Waals surface area contributed by atoms with E-state index in [1.54, 1.807) is 0 Å². The van der Waals surface area contributed by atoms with Gasteiger partial charge in [0.05, 0.1) is 0 Å². The maximum absolute atomic E-state index is 0. The van der Waals surface area contributed by atoms with Crippen LogP contribution < -0.4 is 0 Å². The summed E-state index contributed by atoms with van der Waals surface area (Å²) in [5.74, 6) is 0. The van der Waals surface area contributed by atoms with Gasteiger partial charge in [-0.25, -0.2) is 0 Å². The Morgan fingerprint density at radius 2 is 1.20 bits per heavy atom. The number of hydrogen-bond acceptors (Lipinski definition) is 0. The standard InChI is InChI=1S/Ba.Ca.Cu.Hg.H2O.4H/h;;;;1H2;;;;/q2*+2;;;;4*-1. The molecule has 0 amide bonds. The van der Waals surface area contributed by atoms with E-state index in [9.17, 15) is 0 Å². The summed E-state index contributed by atoms with van der Waals surface area (Å²) in [5, 5.41) is 0. The van der Waals surface area contributed by atoms with E-state index >= 15 is 0 Å². The van der Waals surface area contributed by atoms with Gasteiger partial charge >= 0.3 is 86.6 Å². The molecule has 0 bridgehead atoms. The summed E-state index contributed by atoms with van der Waals surface area (Å²) >= 11 is 0. The zero-order valence-corrected chi connectivity index (χ0v) is 16.0. The van der Waals surface area contributed by atoms with Crippen molar-refractivity contribution in [2.45, 2.75) is 0 Å². The van der Waals surface area contributed by atoms with E-state index in [-0.39, 0.29) is 143 Å². The van der Waals surface area contributed by atoms with Gasteiger partial charge in [0.1, 0.15) is 0 Å². The summed E-state index contributed by atoms with van der Waals surface area (Å²) in [6.45, 7) is 0. The third-order valence-electron chi connectivity index (χ3n) is 0. The molecular weight excluding hydrogens is 458 g/mol. The minimum absolute atomic E-state index is 0. The van der Waals surface area contributed by atoms with Gasteiger partial charge in [0.15, 0.2) is 0 Å². The van der Waals surface area contributed by atoms with Crippen LogP contribution in [0.3, 0.4) is 0 Å². The monoisotopic (exact) mass is 465 g/mol. The minimum Gasteiger partial charge on any atom is -1.00 e. The van der Waals surface area contributed by atoms with Crippen molar-refractivity contribution in [1.29, 1.82) is 0 Å². The van der Waals surface area contributed by atoms with Crippen molar-refractivity contribution in [2.75, 3.05) is 0 Å². The van der Waals surface area contributed by atoms with Gasteiger partial charge in [-0.1, -0.05) is 0 Å². The van der Waals surface area contributed by atoms with E-state index in [0.717, 1.165) is 0 Å². The van der Waals surface area contributed by atoms with Crippen LogP contribution in [0.2, 0.25) is 0 Å². The van der Waals surface area contributed by atoms with Crippen molar-refractivity contribution < 1.29 is 55.9 Å². The second-order valence-corrected chi connectivity index (χ2v) is 0. The Balaban J connectivity index is 0. The molecule has 0 rings (SSSR count). The van der Waals surface area contributed by atoms with Crippen molar-refractivity contribution in [3.05, 3.63) is 0 Å². The van der Waals surface area contributed by atoms with Crippen molar-refractivity contribution >= 4 is 86.6 Å². The van der Waals surface area contributed by atoms with Crippen LogP contribution in [0.1, 0.15) is 5.71 Å². The predicted molar refractivity (Wildman–Crippen MR) is 19.6 cm³/mol. The molecule has 0 heterocycles. The molecule has 5 heteroatoms. The molecule has 0 aliphatic heterocycles. The van der Waals surface area contributed by atoms with E-state index in [1.165, 1.54) is 0 Å². The van der Waals surface area contributed by atoms with Gasteiger partial charge in [-0.2, -0.15) is 0 Å². The van der Waals surface area contributed by atoms with Crippen molar-refractivity contribution in [3.63, 3.8) is 0 Å². The van der Waals surface area contributed by atoms with Gasteiger partial charge in [0.25, 0.3) is 0 Å². The van der Waals surface area contributed by atoms with Crippen molar-refractivity contribution in [3.8, 4) is 0 Å². The molecule has 0 aromatic rings. The number of rotatable bonds is 0. The first-order chi connectivity index (χ1) is 0. The van der Waals surface area contributed by atoms with Crippen molar-refractivity contribution in [2.24, 2.45) is 0 Å². The Hall–Kier alpha value is 4.25. The molecule has 0 unspecified atom stereocenters. The first-order valence-electron chi connectivity index (χ1n) is 0. The normalized spacial score (nSPS) is 0. The van der Waals surface area contributed by atoms with Crippen LogP contribution in [0.5, 0.6) is 0 Å². The second kappa shape index (κ2) is 24.0. The molecule has 0 spiro atoms. The number of hydrogen-bond donors (Lipinski definition) is 0. The molecule has 1 nitrogen and oxygen atoms in total. The van der Waals surface area contributed by atoms with Gasteiger partial charge in [0, 0.05) is 44.7 Å². The maximum atomic E-state index is 0. The summed E-state index contributed by atoms with van der Waals surface area (Å²) < 4.78 is 0. The van der Waals surface area contributed by atoms with E-state index in [2.05, 4.69) is 0 Å². The fraction of sp³-hybridized carbons (Fsp3) is 0. The van der Waals surface area contributed by atoms with Gasteiger partial charge in [-0.15, -0.1) is 0 Å². The zero-order valence-electron chi connectivity index (χ0n) is 6.92. The SMILES string of the molecule is O.[Ba+2].[Ca+2].[Cu].[H-].[H-].[H-].[H-].[Hg]. The van der Waals surface area contributed by atoms with Crippen LogP contribution in [-0.2, 0) is 44.7 Å². The fourth-order valence-corrected chi connectivity index (χ4v) is 0. The molecule has 2 N–H and O–H groups in total. The first-order valence-corrected chi connectivity index (χ1v) is 0. The van der Waals surface area contributed by atoms with Crippen LogP contribution in [0.15, 0.2) is 0 Å². The molecule has 0 fully saturated rings. The molecule has 1 radical (unpaired) electrons. The average Bonchev–Trinajstić information content (AvgIpc) is 0. The molecule has 0 aliphatic carbocycles. The van der Waals surface area contributed by atoms with E-state index in [0.29, 0.717) is 0 Å².